The summed E-state index contributed by atoms with van der Waals surface area (Å²) < 4.78 is 7.16. The smallest absolute Gasteiger partial charge is 0.333 e. The van der Waals surface area contributed by atoms with Crippen molar-refractivity contribution >= 4 is 14.9 Å². The maximum absolute atomic E-state index is 11.2. The average Bonchev–Trinajstić information content (AvgIpc) is 2.38. The molecule has 0 saturated carbocycles. The van der Waals surface area contributed by atoms with Crippen LogP contribution >= 0.6 is 8.96 Å². The first-order valence-corrected chi connectivity index (χ1v) is 7.70. The van der Waals surface area contributed by atoms with E-state index in [4.69, 9.17) is 4.52 Å². The maximum atomic E-state index is 11.2. The van der Waals surface area contributed by atoms with Gasteiger partial charge in [0.1, 0.15) is 8.96 Å². The van der Waals surface area contributed by atoms with Gasteiger partial charge >= 0.3 is 5.97 Å². The number of carboxylic acid groups (broad SMARTS) is 1. The van der Waals surface area contributed by atoms with Gasteiger partial charge in [-0.2, -0.15) is 0 Å². The first-order valence-electron chi connectivity index (χ1n) is 6.85. The van der Waals surface area contributed by atoms with Gasteiger partial charge in [0.2, 0.25) is 0 Å². The SMILES string of the molecule is CCOPN(C)C(/C=C(\C)C#CC(C)(C)C)=C(/C)C(=O)O. The van der Waals surface area contributed by atoms with E-state index in [0.717, 1.165) is 5.57 Å². The molecule has 0 aromatic carbocycles. The number of rotatable bonds is 6. The molecular weight excluding hydrogens is 285 g/mol. The lowest BCUT2D eigenvalue weighted by Gasteiger charge is -2.21. The molecule has 0 rings (SSSR count). The molecule has 0 fully saturated rings. The van der Waals surface area contributed by atoms with E-state index in [9.17, 15) is 9.90 Å². The van der Waals surface area contributed by atoms with Crippen LogP contribution in [-0.2, 0) is 9.32 Å². The molecule has 0 aromatic rings. The van der Waals surface area contributed by atoms with Crippen molar-refractivity contribution < 1.29 is 14.4 Å². The second kappa shape index (κ2) is 8.87. The highest BCUT2D eigenvalue weighted by Crippen LogP contribution is 2.26. The summed E-state index contributed by atoms with van der Waals surface area (Å²) in [5, 5.41) is 9.21. The summed E-state index contributed by atoms with van der Waals surface area (Å²) in [6.45, 7) is 12.1. The number of aliphatic carboxylic acids is 1. The second-order valence-corrected chi connectivity index (χ2v) is 6.87. The summed E-state index contributed by atoms with van der Waals surface area (Å²) in [5.74, 6) is 5.28. The Kier molecular flexibility index (Phi) is 8.32. The fraction of sp³-hybridized carbons (Fsp3) is 0.562. The minimum absolute atomic E-state index is 0.0819. The molecule has 0 heterocycles. The van der Waals surface area contributed by atoms with Gasteiger partial charge in [0, 0.05) is 24.6 Å². The normalized spacial score (nSPS) is 13.8. The molecular formula is C16H26NO3P. The predicted octanol–water partition coefficient (Wildman–Crippen LogP) is 3.82. The minimum atomic E-state index is -0.939. The molecule has 118 valence electrons. The number of carboxylic acids is 1. The Hall–Kier alpha value is -1.30. The molecule has 0 spiro atoms. The fourth-order valence-electron chi connectivity index (χ4n) is 1.30. The van der Waals surface area contributed by atoms with Gasteiger partial charge in [-0.25, -0.2) is 4.79 Å². The van der Waals surface area contributed by atoms with Crippen molar-refractivity contribution in [3.05, 3.63) is 22.9 Å². The minimum Gasteiger partial charge on any atom is -0.478 e. The highest BCUT2D eigenvalue weighted by molar-refractivity contribution is 7.29. The van der Waals surface area contributed by atoms with Crippen molar-refractivity contribution in [3.63, 3.8) is 0 Å². The Morgan fingerprint density at radius 2 is 1.95 bits per heavy atom. The van der Waals surface area contributed by atoms with Crippen LogP contribution in [0.3, 0.4) is 0 Å². The molecule has 1 N–H and O–H groups in total. The van der Waals surface area contributed by atoms with E-state index in [2.05, 4.69) is 11.8 Å². The summed E-state index contributed by atoms with van der Waals surface area (Å²) in [6, 6.07) is 0. The van der Waals surface area contributed by atoms with Crippen LogP contribution < -0.4 is 0 Å². The summed E-state index contributed by atoms with van der Waals surface area (Å²) >= 11 is 0. The van der Waals surface area contributed by atoms with Gasteiger partial charge < -0.3 is 14.3 Å². The number of carbonyl (C=O) groups is 1. The third-order valence-corrected chi connectivity index (χ3v) is 3.33. The quantitative estimate of drug-likeness (QED) is 0.351. The average molecular weight is 311 g/mol. The van der Waals surface area contributed by atoms with Crippen LogP contribution in [0.25, 0.3) is 0 Å². The molecule has 1 atom stereocenters. The molecule has 0 radical (unpaired) electrons. The Morgan fingerprint density at radius 1 is 1.38 bits per heavy atom. The molecule has 0 saturated heterocycles. The van der Waals surface area contributed by atoms with Crippen LogP contribution in [0.1, 0.15) is 41.5 Å². The Labute approximate surface area is 130 Å². The van der Waals surface area contributed by atoms with Gasteiger partial charge in [0.25, 0.3) is 0 Å². The van der Waals surface area contributed by atoms with E-state index < -0.39 is 5.97 Å². The van der Waals surface area contributed by atoms with E-state index in [1.54, 1.807) is 17.7 Å². The number of likely N-dealkylation sites (N-methyl/N-ethyl adjacent to an activating group) is 1. The highest BCUT2D eigenvalue weighted by atomic mass is 31.1. The van der Waals surface area contributed by atoms with Gasteiger partial charge in [-0.05, 0) is 47.6 Å². The fourth-order valence-corrected chi connectivity index (χ4v) is 1.96. The number of hydrogen-bond acceptors (Lipinski definition) is 3. The van der Waals surface area contributed by atoms with Crippen LogP contribution in [0.5, 0.6) is 0 Å². The molecule has 0 aromatic heterocycles. The summed E-state index contributed by atoms with van der Waals surface area (Å²) in [7, 11) is 1.90. The lowest BCUT2D eigenvalue weighted by Crippen LogP contribution is -2.12. The zero-order valence-electron chi connectivity index (χ0n) is 14.0. The lowest BCUT2D eigenvalue weighted by atomic mass is 9.97. The van der Waals surface area contributed by atoms with Gasteiger partial charge in [-0.15, -0.1) is 0 Å². The highest BCUT2D eigenvalue weighted by Gasteiger charge is 2.12. The van der Waals surface area contributed by atoms with Crippen molar-refractivity contribution in [1.82, 2.24) is 4.67 Å². The Bertz CT molecular complexity index is 490. The third kappa shape index (κ3) is 8.55. The van der Waals surface area contributed by atoms with Crippen LogP contribution in [0.15, 0.2) is 22.9 Å². The molecule has 0 amide bonds. The van der Waals surface area contributed by atoms with Crippen LogP contribution in [0.2, 0.25) is 0 Å². The van der Waals surface area contributed by atoms with Crippen LogP contribution in [-0.4, -0.2) is 29.4 Å². The van der Waals surface area contributed by atoms with Gasteiger partial charge in [-0.3, -0.25) is 0 Å². The standard InChI is InChI=1S/C16H26NO3P/c1-8-20-21-17(7)14(13(3)15(18)19)11-12(2)9-10-16(4,5)6/h11,21H,8H2,1-7H3,(H,18,19)/b12-11+,14-13-. The number of hydrogen-bond donors (Lipinski definition) is 1. The van der Waals surface area contributed by atoms with E-state index >= 15 is 0 Å². The summed E-state index contributed by atoms with van der Waals surface area (Å²) in [5.41, 5.74) is 1.64. The number of nitrogens with zero attached hydrogens (tertiary/aromatic N) is 1. The Morgan fingerprint density at radius 3 is 2.38 bits per heavy atom. The van der Waals surface area contributed by atoms with Gasteiger partial charge in [0.15, 0.2) is 0 Å². The molecule has 0 aliphatic carbocycles. The maximum Gasteiger partial charge on any atom is 0.333 e. The largest absolute Gasteiger partial charge is 0.478 e. The van der Waals surface area contributed by atoms with Crippen LogP contribution in [0, 0.1) is 17.3 Å². The topological polar surface area (TPSA) is 49.8 Å². The molecule has 0 aliphatic rings. The van der Waals surface area contributed by atoms with E-state index in [0.29, 0.717) is 12.3 Å². The monoisotopic (exact) mass is 311 g/mol. The third-order valence-electron chi connectivity index (χ3n) is 2.40. The Balaban J connectivity index is 5.47. The predicted molar refractivity (Wildman–Crippen MR) is 89.0 cm³/mol. The van der Waals surface area contributed by atoms with Gasteiger partial charge in [0.05, 0.1) is 11.3 Å². The zero-order valence-corrected chi connectivity index (χ0v) is 15.0. The van der Waals surface area contributed by atoms with E-state index in [1.165, 1.54) is 0 Å². The van der Waals surface area contributed by atoms with E-state index in [-0.39, 0.29) is 19.9 Å². The van der Waals surface area contributed by atoms with Crippen molar-refractivity contribution in [2.24, 2.45) is 5.41 Å². The van der Waals surface area contributed by atoms with Crippen molar-refractivity contribution in [1.29, 1.82) is 0 Å². The molecule has 0 bridgehead atoms. The summed E-state index contributed by atoms with van der Waals surface area (Å²) in [6.07, 6.45) is 1.80. The molecule has 0 aliphatic heterocycles. The van der Waals surface area contributed by atoms with Crippen LogP contribution in [0.4, 0.5) is 0 Å². The molecule has 21 heavy (non-hydrogen) atoms. The molecule has 5 heteroatoms. The van der Waals surface area contributed by atoms with Crippen molar-refractivity contribution in [2.45, 2.75) is 41.5 Å². The first kappa shape index (κ1) is 19.7. The van der Waals surface area contributed by atoms with Crippen molar-refractivity contribution in [3.8, 4) is 11.8 Å². The number of allylic oxidation sites excluding steroid dienone is 2. The molecule has 1 unspecified atom stereocenters. The van der Waals surface area contributed by atoms with E-state index in [1.807, 2.05) is 41.7 Å². The molecule has 4 nitrogen and oxygen atoms in total. The lowest BCUT2D eigenvalue weighted by molar-refractivity contribution is -0.132. The van der Waals surface area contributed by atoms with Gasteiger partial charge in [-0.1, -0.05) is 11.8 Å². The zero-order chi connectivity index (χ0) is 16.6. The van der Waals surface area contributed by atoms with Crippen molar-refractivity contribution in [2.75, 3.05) is 13.7 Å². The first-order chi connectivity index (χ1) is 9.58. The summed E-state index contributed by atoms with van der Waals surface area (Å²) in [4.78, 5) is 11.2. The second-order valence-electron chi connectivity index (χ2n) is 5.73.